The van der Waals surface area contributed by atoms with Gasteiger partial charge in [-0.05, 0) is 31.0 Å². The van der Waals surface area contributed by atoms with E-state index in [9.17, 15) is 17.6 Å². The van der Waals surface area contributed by atoms with E-state index in [1.807, 2.05) is 0 Å². The third-order valence-corrected chi connectivity index (χ3v) is 2.67. The zero-order valence-corrected chi connectivity index (χ0v) is 11.2. The summed E-state index contributed by atoms with van der Waals surface area (Å²) in [5.74, 6) is -4.77. The Labute approximate surface area is 119 Å². The Bertz CT molecular complexity index is 615. The number of halogens is 4. The van der Waals surface area contributed by atoms with Crippen LogP contribution in [0, 0.1) is 23.3 Å². The highest BCUT2D eigenvalue weighted by Crippen LogP contribution is 2.29. The van der Waals surface area contributed by atoms with Crippen LogP contribution in [0.1, 0.15) is 12.5 Å². The number of ether oxygens (including phenoxy) is 1. The summed E-state index contributed by atoms with van der Waals surface area (Å²) >= 11 is 0. The van der Waals surface area contributed by atoms with Gasteiger partial charge in [-0.15, -0.1) is 0 Å². The van der Waals surface area contributed by atoms with E-state index in [4.69, 9.17) is 10.5 Å². The molecule has 0 aromatic heterocycles. The fraction of sp³-hybridized carbons (Fsp3) is 0.200. The average Bonchev–Trinajstić information content (AvgIpc) is 2.31. The molecule has 1 unspecified atom stereocenters. The standard InChI is InChI=1S/C15H13F4NO/c1-8(20)2-9-3-13(18)15(14(19)4-9)21-12-6-10(16)5-11(17)7-12/h3-8H,2,20H2,1H3. The summed E-state index contributed by atoms with van der Waals surface area (Å²) in [7, 11) is 0. The maximum absolute atomic E-state index is 13.9. The molecule has 0 bridgehead atoms. The predicted molar refractivity (Wildman–Crippen MR) is 70.1 cm³/mol. The molecule has 6 heteroatoms. The summed E-state index contributed by atoms with van der Waals surface area (Å²) in [4.78, 5) is 0. The minimum atomic E-state index is -0.963. The van der Waals surface area contributed by atoms with Crippen LogP contribution >= 0.6 is 0 Å². The van der Waals surface area contributed by atoms with Gasteiger partial charge in [0.05, 0.1) is 0 Å². The summed E-state index contributed by atoms with van der Waals surface area (Å²) < 4.78 is 58.6. The zero-order chi connectivity index (χ0) is 15.6. The van der Waals surface area contributed by atoms with Crippen molar-refractivity contribution in [2.75, 3.05) is 0 Å². The van der Waals surface area contributed by atoms with Crippen LogP contribution in [0.3, 0.4) is 0 Å². The molecule has 2 aromatic carbocycles. The second-order valence-electron chi connectivity index (χ2n) is 4.78. The summed E-state index contributed by atoms with van der Waals surface area (Å²) in [5, 5.41) is 0. The molecule has 2 aromatic rings. The summed E-state index contributed by atoms with van der Waals surface area (Å²) in [6, 6.07) is 4.20. The third kappa shape index (κ3) is 3.95. The summed E-state index contributed by atoms with van der Waals surface area (Å²) in [6.45, 7) is 1.70. The molecular formula is C15H13F4NO. The smallest absolute Gasteiger partial charge is 0.198 e. The van der Waals surface area contributed by atoms with Gasteiger partial charge in [-0.2, -0.15) is 0 Å². The quantitative estimate of drug-likeness (QED) is 0.868. The lowest BCUT2D eigenvalue weighted by atomic mass is 10.1. The molecule has 0 saturated heterocycles. The maximum Gasteiger partial charge on any atom is 0.198 e. The Balaban J connectivity index is 2.31. The zero-order valence-electron chi connectivity index (χ0n) is 11.2. The van der Waals surface area contributed by atoms with Gasteiger partial charge in [0.1, 0.15) is 17.4 Å². The first-order valence-electron chi connectivity index (χ1n) is 6.22. The molecule has 0 heterocycles. The number of rotatable bonds is 4. The van der Waals surface area contributed by atoms with Crippen molar-refractivity contribution in [1.29, 1.82) is 0 Å². The molecule has 21 heavy (non-hydrogen) atoms. The van der Waals surface area contributed by atoms with E-state index in [1.54, 1.807) is 6.92 Å². The Morgan fingerprint density at radius 3 is 1.95 bits per heavy atom. The molecule has 0 aliphatic rings. The van der Waals surface area contributed by atoms with Crippen molar-refractivity contribution >= 4 is 0 Å². The van der Waals surface area contributed by atoms with Crippen molar-refractivity contribution in [2.45, 2.75) is 19.4 Å². The lowest BCUT2D eigenvalue weighted by Crippen LogP contribution is -2.18. The van der Waals surface area contributed by atoms with Gasteiger partial charge >= 0.3 is 0 Å². The Hall–Kier alpha value is -2.08. The molecule has 1 atom stereocenters. The van der Waals surface area contributed by atoms with Crippen LogP contribution in [0.25, 0.3) is 0 Å². The molecular weight excluding hydrogens is 286 g/mol. The average molecular weight is 299 g/mol. The molecule has 0 saturated carbocycles. The highest BCUT2D eigenvalue weighted by atomic mass is 19.1. The van der Waals surface area contributed by atoms with E-state index < -0.39 is 29.0 Å². The first-order chi connectivity index (χ1) is 9.85. The van der Waals surface area contributed by atoms with Gasteiger partial charge in [0.2, 0.25) is 0 Å². The highest BCUT2D eigenvalue weighted by molar-refractivity contribution is 5.36. The van der Waals surface area contributed by atoms with Gasteiger partial charge in [-0.25, -0.2) is 17.6 Å². The number of benzene rings is 2. The monoisotopic (exact) mass is 299 g/mol. The number of hydrogen-bond donors (Lipinski definition) is 1. The van der Waals surface area contributed by atoms with Crippen molar-refractivity contribution < 1.29 is 22.3 Å². The van der Waals surface area contributed by atoms with Gasteiger partial charge in [0.15, 0.2) is 17.4 Å². The topological polar surface area (TPSA) is 35.2 Å². The van der Waals surface area contributed by atoms with E-state index in [2.05, 4.69) is 0 Å². The minimum Gasteiger partial charge on any atom is -0.451 e. The van der Waals surface area contributed by atoms with Crippen LogP contribution in [0.5, 0.6) is 11.5 Å². The lowest BCUT2D eigenvalue weighted by molar-refractivity contribution is 0.401. The van der Waals surface area contributed by atoms with Crippen molar-refractivity contribution in [1.82, 2.24) is 0 Å². The van der Waals surface area contributed by atoms with Crippen molar-refractivity contribution in [3.05, 3.63) is 59.2 Å². The second kappa shape index (κ2) is 6.13. The number of hydrogen-bond acceptors (Lipinski definition) is 2. The minimum absolute atomic E-state index is 0.257. The summed E-state index contributed by atoms with van der Waals surface area (Å²) in [6.07, 6.45) is 0.294. The fourth-order valence-corrected chi connectivity index (χ4v) is 1.90. The van der Waals surface area contributed by atoms with Crippen LogP contribution in [0.15, 0.2) is 30.3 Å². The van der Waals surface area contributed by atoms with E-state index in [0.717, 1.165) is 24.3 Å². The molecule has 0 amide bonds. The summed E-state index contributed by atoms with van der Waals surface area (Å²) in [5.41, 5.74) is 5.93. The molecule has 0 fully saturated rings. The Morgan fingerprint density at radius 2 is 1.48 bits per heavy atom. The van der Waals surface area contributed by atoms with E-state index in [1.165, 1.54) is 0 Å². The molecule has 0 aliphatic carbocycles. The lowest BCUT2D eigenvalue weighted by Gasteiger charge is -2.11. The highest BCUT2D eigenvalue weighted by Gasteiger charge is 2.15. The van der Waals surface area contributed by atoms with Gasteiger partial charge < -0.3 is 10.5 Å². The van der Waals surface area contributed by atoms with E-state index in [-0.39, 0.29) is 11.8 Å². The van der Waals surface area contributed by atoms with Gasteiger partial charge in [0.25, 0.3) is 0 Å². The Morgan fingerprint density at radius 1 is 0.952 bits per heavy atom. The fourth-order valence-electron chi connectivity index (χ4n) is 1.90. The maximum atomic E-state index is 13.9. The largest absolute Gasteiger partial charge is 0.451 e. The molecule has 112 valence electrons. The normalized spacial score (nSPS) is 12.3. The molecule has 0 radical (unpaired) electrons. The molecule has 2 nitrogen and oxygen atoms in total. The first kappa shape index (κ1) is 15.3. The van der Waals surface area contributed by atoms with Gasteiger partial charge in [-0.1, -0.05) is 0 Å². The van der Waals surface area contributed by atoms with Crippen LogP contribution in [-0.4, -0.2) is 6.04 Å². The first-order valence-corrected chi connectivity index (χ1v) is 6.22. The second-order valence-corrected chi connectivity index (χ2v) is 4.78. The molecule has 2 rings (SSSR count). The van der Waals surface area contributed by atoms with Gasteiger partial charge in [0, 0.05) is 24.2 Å². The van der Waals surface area contributed by atoms with Crippen molar-refractivity contribution in [3.8, 4) is 11.5 Å². The predicted octanol–water partition coefficient (Wildman–Crippen LogP) is 3.93. The van der Waals surface area contributed by atoms with Crippen LogP contribution in [-0.2, 0) is 6.42 Å². The van der Waals surface area contributed by atoms with Crippen LogP contribution in [0.4, 0.5) is 17.6 Å². The SMILES string of the molecule is CC(N)Cc1cc(F)c(Oc2cc(F)cc(F)c2)c(F)c1. The molecule has 0 aliphatic heterocycles. The van der Waals surface area contributed by atoms with Crippen LogP contribution in [0.2, 0.25) is 0 Å². The van der Waals surface area contributed by atoms with Crippen molar-refractivity contribution in [2.24, 2.45) is 5.73 Å². The molecule has 0 spiro atoms. The van der Waals surface area contributed by atoms with E-state index in [0.29, 0.717) is 18.1 Å². The van der Waals surface area contributed by atoms with E-state index >= 15 is 0 Å². The molecule has 2 N–H and O–H groups in total. The van der Waals surface area contributed by atoms with Gasteiger partial charge in [-0.3, -0.25) is 0 Å². The number of nitrogens with two attached hydrogens (primary N) is 1. The van der Waals surface area contributed by atoms with Crippen LogP contribution < -0.4 is 10.5 Å². The van der Waals surface area contributed by atoms with Crippen molar-refractivity contribution in [3.63, 3.8) is 0 Å². The Kier molecular flexibility index (Phi) is 4.47. The third-order valence-electron chi connectivity index (χ3n) is 2.67.